The largest absolute Gasteiger partial charge is 0.316 e. The molecule has 0 aromatic heterocycles. The van der Waals surface area contributed by atoms with Crippen LogP contribution in [-0.2, 0) is 6.42 Å². The molecule has 1 nitrogen and oxygen atoms in total. The minimum Gasteiger partial charge on any atom is -0.316 e. The van der Waals surface area contributed by atoms with Gasteiger partial charge < -0.3 is 5.32 Å². The van der Waals surface area contributed by atoms with Gasteiger partial charge in [-0.1, -0.05) is 42.8 Å². The highest BCUT2D eigenvalue weighted by Crippen LogP contribution is 2.24. The molecule has 1 aromatic rings. The van der Waals surface area contributed by atoms with E-state index in [0.29, 0.717) is 0 Å². The van der Waals surface area contributed by atoms with Gasteiger partial charge in [0.05, 0.1) is 0 Å². The van der Waals surface area contributed by atoms with Crippen LogP contribution in [0.4, 0.5) is 4.39 Å². The molecule has 0 unspecified atom stereocenters. The third-order valence-electron chi connectivity index (χ3n) is 2.54. The second kappa shape index (κ2) is 5.78. The molecule has 0 radical (unpaired) electrons. The summed E-state index contributed by atoms with van der Waals surface area (Å²) in [6.45, 7) is 8.23. The maximum atomic E-state index is 13.7. The van der Waals surface area contributed by atoms with E-state index in [9.17, 15) is 4.39 Å². The maximum Gasteiger partial charge on any atom is 0.127 e. The van der Waals surface area contributed by atoms with Crippen molar-refractivity contribution in [3.8, 4) is 0 Å². The van der Waals surface area contributed by atoms with Crippen LogP contribution in [0, 0.1) is 11.2 Å². The Bertz CT molecular complexity index is 350. The van der Waals surface area contributed by atoms with Crippen molar-refractivity contribution in [3.63, 3.8) is 0 Å². The van der Waals surface area contributed by atoms with Crippen molar-refractivity contribution in [3.05, 3.63) is 34.1 Å². The van der Waals surface area contributed by atoms with E-state index in [1.165, 1.54) is 6.07 Å². The quantitative estimate of drug-likeness (QED) is 0.869. The van der Waals surface area contributed by atoms with E-state index in [-0.39, 0.29) is 11.2 Å². The molecule has 0 aliphatic heterocycles. The molecule has 0 saturated carbocycles. The van der Waals surface area contributed by atoms with Crippen LogP contribution in [0.15, 0.2) is 22.7 Å². The van der Waals surface area contributed by atoms with E-state index in [0.717, 1.165) is 29.5 Å². The topological polar surface area (TPSA) is 12.0 Å². The molecule has 1 N–H and O–H groups in total. The third-order valence-corrected chi connectivity index (χ3v) is 3.03. The summed E-state index contributed by atoms with van der Waals surface area (Å²) < 4.78 is 14.4. The summed E-state index contributed by atoms with van der Waals surface area (Å²) in [6.07, 6.45) is 0.749. The fourth-order valence-corrected chi connectivity index (χ4v) is 2.04. The number of rotatable bonds is 5. The highest BCUT2D eigenvalue weighted by Gasteiger charge is 2.19. The van der Waals surface area contributed by atoms with Crippen LogP contribution in [0.2, 0.25) is 0 Å². The predicted octanol–water partition coefficient (Wildman–Crippen LogP) is 3.77. The van der Waals surface area contributed by atoms with Gasteiger partial charge in [-0.05, 0) is 36.1 Å². The van der Waals surface area contributed by atoms with Crippen molar-refractivity contribution >= 4 is 15.9 Å². The zero-order valence-corrected chi connectivity index (χ0v) is 11.7. The van der Waals surface area contributed by atoms with E-state index in [4.69, 9.17) is 0 Å². The second-order valence-corrected chi connectivity index (χ2v) is 5.77. The Labute approximate surface area is 106 Å². The van der Waals surface area contributed by atoms with E-state index in [1.54, 1.807) is 0 Å². The molecule has 0 saturated heterocycles. The Hall–Kier alpha value is -0.410. The van der Waals surface area contributed by atoms with Crippen molar-refractivity contribution in [2.45, 2.75) is 27.2 Å². The van der Waals surface area contributed by atoms with E-state index < -0.39 is 0 Å². The van der Waals surface area contributed by atoms with Gasteiger partial charge in [0, 0.05) is 11.0 Å². The number of hydrogen-bond acceptors (Lipinski definition) is 1. The highest BCUT2D eigenvalue weighted by molar-refractivity contribution is 9.10. The Kier molecular flexibility index (Phi) is 4.93. The standard InChI is InChI=1S/C13H19BrFN/c1-4-16-9-13(2,3)8-10-5-6-11(14)7-12(10)15/h5-7,16H,4,8-9H2,1-3H3. The third kappa shape index (κ3) is 4.22. The van der Waals surface area contributed by atoms with Gasteiger partial charge in [-0.25, -0.2) is 4.39 Å². The van der Waals surface area contributed by atoms with Gasteiger partial charge in [0.1, 0.15) is 5.82 Å². The van der Waals surface area contributed by atoms with Gasteiger partial charge in [0.2, 0.25) is 0 Å². The van der Waals surface area contributed by atoms with Crippen molar-refractivity contribution < 1.29 is 4.39 Å². The first kappa shape index (κ1) is 13.7. The average molecular weight is 288 g/mol. The summed E-state index contributed by atoms with van der Waals surface area (Å²) in [5.41, 5.74) is 0.858. The lowest BCUT2D eigenvalue weighted by Crippen LogP contribution is -2.31. The van der Waals surface area contributed by atoms with Crippen LogP contribution >= 0.6 is 15.9 Å². The summed E-state index contributed by atoms with van der Waals surface area (Å²) in [7, 11) is 0. The van der Waals surface area contributed by atoms with Gasteiger partial charge in [-0.15, -0.1) is 0 Å². The first-order valence-corrected chi connectivity index (χ1v) is 6.38. The Morgan fingerprint density at radius 2 is 2.06 bits per heavy atom. The van der Waals surface area contributed by atoms with Crippen molar-refractivity contribution in [2.24, 2.45) is 5.41 Å². The zero-order chi connectivity index (χ0) is 12.2. The lowest BCUT2D eigenvalue weighted by Gasteiger charge is -2.25. The van der Waals surface area contributed by atoms with E-state index >= 15 is 0 Å². The van der Waals surface area contributed by atoms with Crippen LogP contribution in [0.5, 0.6) is 0 Å². The first-order chi connectivity index (χ1) is 7.44. The van der Waals surface area contributed by atoms with Crippen molar-refractivity contribution in [1.29, 1.82) is 0 Å². The molecule has 16 heavy (non-hydrogen) atoms. The van der Waals surface area contributed by atoms with Gasteiger partial charge in [-0.3, -0.25) is 0 Å². The molecule has 0 fully saturated rings. The van der Waals surface area contributed by atoms with Crippen molar-refractivity contribution in [2.75, 3.05) is 13.1 Å². The first-order valence-electron chi connectivity index (χ1n) is 5.59. The Morgan fingerprint density at radius 3 is 2.62 bits per heavy atom. The summed E-state index contributed by atoms with van der Waals surface area (Å²) in [5, 5.41) is 3.31. The number of nitrogens with one attached hydrogen (secondary N) is 1. The van der Waals surface area contributed by atoms with E-state index in [2.05, 4.69) is 42.0 Å². The number of hydrogen-bond donors (Lipinski definition) is 1. The maximum absolute atomic E-state index is 13.7. The zero-order valence-electron chi connectivity index (χ0n) is 10.1. The average Bonchev–Trinajstić information content (AvgIpc) is 2.19. The molecule has 0 amide bonds. The summed E-state index contributed by atoms with van der Waals surface area (Å²) in [5.74, 6) is -0.126. The second-order valence-electron chi connectivity index (χ2n) is 4.86. The highest BCUT2D eigenvalue weighted by atomic mass is 79.9. The molecule has 0 heterocycles. The van der Waals surface area contributed by atoms with Crippen molar-refractivity contribution in [1.82, 2.24) is 5.32 Å². The fourth-order valence-electron chi connectivity index (χ4n) is 1.71. The summed E-state index contributed by atoms with van der Waals surface area (Å²) in [4.78, 5) is 0. The minimum atomic E-state index is -0.126. The van der Waals surface area contributed by atoms with Gasteiger partial charge in [-0.2, -0.15) is 0 Å². The summed E-state index contributed by atoms with van der Waals surface area (Å²) in [6, 6.07) is 5.27. The molecule has 0 aliphatic carbocycles. The molecule has 1 rings (SSSR count). The molecular weight excluding hydrogens is 269 g/mol. The fraction of sp³-hybridized carbons (Fsp3) is 0.538. The Morgan fingerprint density at radius 1 is 1.38 bits per heavy atom. The van der Waals surface area contributed by atoms with Crippen LogP contribution in [0.1, 0.15) is 26.3 Å². The Balaban J connectivity index is 2.71. The van der Waals surface area contributed by atoms with Gasteiger partial charge in [0.15, 0.2) is 0 Å². The van der Waals surface area contributed by atoms with Crippen LogP contribution in [-0.4, -0.2) is 13.1 Å². The molecular formula is C13H19BrFN. The number of halogens is 2. The van der Waals surface area contributed by atoms with E-state index in [1.807, 2.05) is 12.1 Å². The SMILES string of the molecule is CCNCC(C)(C)Cc1ccc(Br)cc1F. The van der Waals surface area contributed by atoms with Crippen LogP contribution < -0.4 is 5.32 Å². The number of benzene rings is 1. The molecule has 0 spiro atoms. The van der Waals surface area contributed by atoms with Crippen LogP contribution in [0.25, 0.3) is 0 Å². The van der Waals surface area contributed by atoms with Gasteiger partial charge in [0.25, 0.3) is 0 Å². The predicted molar refractivity (Wildman–Crippen MR) is 70.1 cm³/mol. The van der Waals surface area contributed by atoms with Crippen LogP contribution in [0.3, 0.4) is 0 Å². The smallest absolute Gasteiger partial charge is 0.127 e. The molecule has 3 heteroatoms. The molecule has 1 aromatic carbocycles. The molecule has 0 aliphatic rings. The lowest BCUT2D eigenvalue weighted by atomic mass is 9.85. The molecule has 0 bridgehead atoms. The van der Waals surface area contributed by atoms with Gasteiger partial charge >= 0.3 is 0 Å². The molecule has 90 valence electrons. The summed E-state index contributed by atoms with van der Waals surface area (Å²) >= 11 is 3.27. The monoisotopic (exact) mass is 287 g/mol. The minimum absolute atomic E-state index is 0.0741. The molecule has 0 atom stereocenters. The normalized spacial score (nSPS) is 11.8. The lowest BCUT2D eigenvalue weighted by molar-refractivity contribution is 0.337.